The highest BCUT2D eigenvalue weighted by molar-refractivity contribution is 5.96. The summed E-state index contributed by atoms with van der Waals surface area (Å²) in [5.41, 5.74) is 7.04. The summed E-state index contributed by atoms with van der Waals surface area (Å²) in [6.45, 7) is 0. The molecule has 0 aromatic heterocycles. The molecule has 1 aromatic rings. The number of benzene rings is 1. The number of anilines is 1. The molecule has 0 saturated carbocycles. The molecule has 0 aliphatic carbocycles. The van der Waals surface area contributed by atoms with Crippen LogP contribution >= 0.6 is 0 Å². The molecule has 1 rings (SSSR count). The van der Waals surface area contributed by atoms with Crippen molar-refractivity contribution >= 4 is 11.6 Å². The Morgan fingerprint density at radius 1 is 1.50 bits per heavy atom. The van der Waals surface area contributed by atoms with Crippen molar-refractivity contribution < 1.29 is 15.1 Å². The van der Waals surface area contributed by atoms with Gasteiger partial charge in [0.25, 0.3) is 5.91 Å². The maximum atomic E-state index is 10.8. The predicted molar refractivity (Wildman–Crippen MR) is 41.8 cm³/mol. The molecule has 5 nitrogen and oxygen atoms in total. The number of phenols is 1. The second-order valence-corrected chi connectivity index (χ2v) is 2.22. The molecule has 0 atom stereocenters. The molecule has 0 aliphatic heterocycles. The molecule has 5 heteroatoms. The van der Waals surface area contributed by atoms with E-state index in [0.29, 0.717) is 5.69 Å². The molecular weight excluding hydrogens is 160 g/mol. The van der Waals surface area contributed by atoms with Crippen molar-refractivity contribution in [3.05, 3.63) is 23.8 Å². The van der Waals surface area contributed by atoms with Crippen LogP contribution in [0, 0.1) is 0 Å². The van der Waals surface area contributed by atoms with Crippen molar-refractivity contribution in [1.82, 2.24) is 5.48 Å². The fraction of sp³-hybridized carbons (Fsp3) is 0. The third kappa shape index (κ3) is 1.46. The number of hydroxylamine groups is 1. The van der Waals surface area contributed by atoms with E-state index in [2.05, 4.69) is 0 Å². The zero-order valence-corrected chi connectivity index (χ0v) is 6.11. The summed E-state index contributed by atoms with van der Waals surface area (Å²) in [5, 5.41) is 17.4. The van der Waals surface area contributed by atoms with Crippen molar-refractivity contribution in [2.45, 2.75) is 0 Å². The number of nitrogens with two attached hydrogens (primary N) is 1. The first-order chi connectivity index (χ1) is 5.65. The first-order valence-electron chi connectivity index (χ1n) is 3.18. The SMILES string of the molecule is Nc1ccc(C(=O)NO)c(O)c1. The number of rotatable bonds is 1. The van der Waals surface area contributed by atoms with Crippen LogP contribution in [-0.4, -0.2) is 16.2 Å². The molecule has 64 valence electrons. The molecule has 0 saturated heterocycles. The minimum absolute atomic E-state index is 0.0216. The van der Waals surface area contributed by atoms with E-state index in [4.69, 9.17) is 16.0 Å². The van der Waals surface area contributed by atoms with E-state index in [1.54, 1.807) is 0 Å². The maximum Gasteiger partial charge on any atom is 0.278 e. The molecule has 0 unspecified atom stereocenters. The molecular formula is C7H8N2O3. The largest absolute Gasteiger partial charge is 0.507 e. The summed E-state index contributed by atoms with van der Waals surface area (Å²) in [6.07, 6.45) is 0. The molecule has 0 radical (unpaired) electrons. The molecule has 0 spiro atoms. The lowest BCUT2D eigenvalue weighted by Gasteiger charge is -2.02. The van der Waals surface area contributed by atoms with Crippen LogP contribution in [0.2, 0.25) is 0 Å². The number of phenolic OH excluding ortho intramolecular Hbond substituents is 1. The Kier molecular flexibility index (Phi) is 2.16. The smallest absolute Gasteiger partial charge is 0.278 e. The molecule has 0 fully saturated rings. The topological polar surface area (TPSA) is 95.6 Å². The lowest BCUT2D eigenvalue weighted by atomic mass is 10.2. The number of nitrogen functional groups attached to an aromatic ring is 1. The van der Waals surface area contributed by atoms with Crippen LogP contribution in [0.25, 0.3) is 0 Å². The minimum atomic E-state index is -0.771. The summed E-state index contributed by atoms with van der Waals surface area (Å²) in [5.74, 6) is -1.03. The van der Waals surface area contributed by atoms with Gasteiger partial charge in [-0.25, -0.2) is 5.48 Å². The van der Waals surface area contributed by atoms with Gasteiger partial charge in [0.15, 0.2) is 0 Å². The summed E-state index contributed by atoms with van der Waals surface area (Å²) in [4.78, 5) is 10.8. The third-order valence-corrected chi connectivity index (χ3v) is 1.37. The van der Waals surface area contributed by atoms with Gasteiger partial charge in [-0.2, -0.15) is 0 Å². The van der Waals surface area contributed by atoms with Crippen molar-refractivity contribution in [3.8, 4) is 5.75 Å². The summed E-state index contributed by atoms with van der Waals surface area (Å²) in [7, 11) is 0. The van der Waals surface area contributed by atoms with Gasteiger partial charge in [0.2, 0.25) is 0 Å². The second-order valence-electron chi connectivity index (χ2n) is 2.22. The molecule has 1 aromatic carbocycles. The number of carbonyl (C=O) groups excluding carboxylic acids is 1. The van der Waals surface area contributed by atoms with E-state index in [1.807, 2.05) is 0 Å². The molecule has 0 bridgehead atoms. The highest BCUT2D eigenvalue weighted by Gasteiger charge is 2.08. The van der Waals surface area contributed by atoms with Gasteiger partial charge in [0.05, 0.1) is 5.56 Å². The van der Waals surface area contributed by atoms with Crippen molar-refractivity contribution in [2.75, 3.05) is 5.73 Å². The lowest BCUT2D eigenvalue weighted by molar-refractivity contribution is 0.0703. The van der Waals surface area contributed by atoms with Crippen molar-refractivity contribution in [2.24, 2.45) is 0 Å². The Morgan fingerprint density at radius 2 is 2.17 bits per heavy atom. The molecule has 0 heterocycles. The van der Waals surface area contributed by atoms with Crippen LogP contribution < -0.4 is 11.2 Å². The molecule has 0 aliphatic rings. The van der Waals surface area contributed by atoms with Gasteiger partial charge in [-0.15, -0.1) is 0 Å². The van der Waals surface area contributed by atoms with Crippen LogP contribution in [0.15, 0.2) is 18.2 Å². The zero-order valence-electron chi connectivity index (χ0n) is 6.11. The van der Waals surface area contributed by atoms with E-state index >= 15 is 0 Å². The molecule has 1 amide bonds. The van der Waals surface area contributed by atoms with Gasteiger partial charge in [-0.05, 0) is 12.1 Å². The van der Waals surface area contributed by atoms with E-state index in [-0.39, 0.29) is 11.3 Å². The molecule has 12 heavy (non-hydrogen) atoms. The second kappa shape index (κ2) is 3.10. The average Bonchev–Trinajstić information content (AvgIpc) is 2.03. The van der Waals surface area contributed by atoms with E-state index in [9.17, 15) is 4.79 Å². The fourth-order valence-corrected chi connectivity index (χ4v) is 0.801. The Hall–Kier alpha value is -1.75. The first-order valence-corrected chi connectivity index (χ1v) is 3.18. The number of amides is 1. The van der Waals surface area contributed by atoms with Gasteiger partial charge in [-0.3, -0.25) is 10.0 Å². The van der Waals surface area contributed by atoms with Gasteiger partial charge >= 0.3 is 0 Å². The Labute approximate surface area is 68.4 Å². The Bertz CT molecular complexity index is 312. The molecule has 5 N–H and O–H groups in total. The van der Waals surface area contributed by atoms with Crippen molar-refractivity contribution in [1.29, 1.82) is 0 Å². The van der Waals surface area contributed by atoms with Gasteiger partial charge in [0, 0.05) is 11.8 Å². The van der Waals surface area contributed by atoms with Gasteiger partial charge in [0.1, 0.15) is 5.75 Å². The number of aromatic hydroxyl groups is 1. The summed E-state index contributed by atoms with van der Waals surface area (Å²) in [6, 6.07) is 3.99. The lowest BCUT2D eigenvalue weighted by Crippen LogP contribution is -2.18. The van der Waals surface area contributed by atoms with Gasteiger partial charge < -0.3 is 10.8 Å². The standard InChI is InChI=1S/C7H8N2O3/c8-4-1-2-5(6(10)3-4)7(11)9-12/h1-3,10,12H,8H2,(H,9,11). The van der Waals surface area contributed by atoms with E-state index < -0.39 is 5.91 Å². The number of carbonyl (C=O) groups is 1. The van der Waals surface area contributed by atoms with E-state index in [0.717, 1.165) is 0 Å². The fourth-order valence-electron chi connectivity index (χ4n) is 0.801. The highest BCUT2D eigenvalue weighted by Crippen LogP contribution is 2.19. The normalized spacial score (nSPS) is 9.42. The van der Waals surface area contributed by atoms with Crippen LogP contribution in [0.3, 0.4) is 0 Å². The maximum absolute atomic E-state index is 10.8. The average molecular weight is 168 g/mol. The number of hydrogen-bond donors (Lipinski definition) is 4. The summed E-state index contributed by atoms with van der Waals surface area (Å²) >= 11 is 0. The number of nitrogens with one attached hydrogen (secondary N) is 1. The van der Waals surface area contributed by atoms with Crippen molar-refractivity contribution in [3.63, 3.8) is 0 Å². The van der Waals surface area contributed by atoms with Crippen LogP contribution in [-0.2, 0) is 0 Å². The number of hydrogen-bond acceptors (Lipinski definition) is 4. The van der Waals surface area contributed by atoms with Crippen LogP contribution in [0.1, 0.15) is 10.4 Å². The third-order valence-electron chi connectivity index (χ3n) is 1.37. The summed E-state index contributed by atoms with van der Waals surface area (Å²) < 4.78 is 0. The highest BCUT2D eigenvalue weighted by atomic mass is 16.5. The quantitative estimate of drug-likeness (QED) is 0.271. The Morgan fingerprint density at radius 3 is 2.67 bits per heavy atom. The Balaban J connectivity index is 3.09. The first kappa shape index (κ1) is 8.35. The van der Waals surface area contributed by atoms with E-state index in [1.165, 1.54) is 23.7 Å². The minimum Gasteiger partial charge on any atom is -0.507 e. The zero-order chi connectivity index (χ0) is 9.14. The monoisotopic (exact) mass is 168 g/mol. The van der Waals surface area contributed by atoms with Crippen LogP contribution in [0.5, 0.6) is 5.75 Å². The van der Waals surface area contributed by atoms with Gasteiger partial charge in [-0.1, -0.05) is 0 Å². The predicted octanol–water partition coefficient (Wildman–Crippen LogP) is 0.0934. The van der Waals surface area contributed by atoms with Crippen LogP contribution in [0.4, 0.5) is 5.69 Å².